The van der Waals surface area contributed by atoms with Gasteiger partial charge in [-0.25, -0.2) is 0 Å². The second-order valence-corrected chi connectivity index (χ2v) is 6.05. The minimum absolute atomic E-state index is 0.438. The average Bonchev–Trinajstić information content (AvgIpc) is 2.17. The van der Waals surface area contributed by atoms with E-state index in [4.69, 9.17) is 23.2 Å². The van der Waals surface area contributed by atoms with Crippen LogP contribution in [-0.2, 0) is 15.6 Å². The third-order valence-corrected chi connectivity index (χ3v) is 4.43. The summed E-state index contributed by atoms with van der Waals surface area (Å²) in [6.45, 7) is 1.21. The van der Waals surface area contributed by atoms with Gasteiger partial charge in [-0.15, -0.1) is 0 Å². The van der Waals surface area contributed by atoms with Crippen LogP contribution in [0, 0.1) is 0 Å². The number of hydrogen-bond donors (Lipinski definition) is 0. The third-order valence-electron chi connectivity index (χ3n) is 1.60. The Kier molecular flexibility index (Phi) is 3.70. The zero-order valence-corrected chi connectivity index (χ0v) is 9.70. The number of hydrogen-bond acceptors (Lipinski definition) is 2. The molecule has 0 saturated heterocycles. The lowest BCUT2D eigenvalue weighted by Gasteiger charge is -2.14. The molecule has 1 aromatic carbocycles. The maximum Gasteiger partial charge on any atom is 0.253 e. The van der Waals surface area contributed by atoms with Gasteiger partial charge in [-0.3, -0.25) is 9.00 Å². The minimum atomic E-state index is -1.86. The molecule has 0 radical (unpaired) electrons. The number of alkyl halides is 2. The van der Waals surface area contributed by atoms with Gasteiger partial charge >= 0.3 is 0 Å². The molecule has 0 heterocycles. The first-order valence-electron chi connectivity index (χ1n) is 3.82. The number of carbonyl (C=O) groups excluding carboxylic acids is 1. The molecule has 1 rings (SSSR count). The molecule has 2 nitrogen and oxygen atoms in total. The van der Waals surface area contributed by atoms with E-state index in [0.29, 0.717) is 4.90 Å². The number of benzene rings is 1. The summed E-state index contributed by atoms with van der Waals surface area (Å²) in [5.74, 6) is -0.525. The molecule has 1 unspecified atom stereocenters. The smallest absolute Gasteiger partial charge is 0.253 e. The Morgan fingerprint density at radius 2 is 1.79 bits per heavy atom. The summed E-state index contributed by atoms with van der Waals surface area (Å²) in [6.07, 6.45) is 0. The molecule has 76 valence electrons. The number of ketones is 1. The molecule has 0 amide bonds. The summed E-state index contributed by atoms with van der Waals surface area (Å²) in [4.78, 5) is 11.5. The summed E-state index contributed by atoms with van der Waals surface area (Å²) in [6, 6.07) is 8.41. The van der Waals surface area contributed by atoms with Gasteiger partial charge in [-0.1, -0.05) is 41.4 Å². The van der Waals surface area contributed by atoms with E-state index < -0.39 is 20.2 Å². The molecule has 1 aromatic rings. The van der Waals surface area contributed by atoms with Crippen molar-refractivity contribution in [1.82, 2.24) is 0 Å². The van der Waals surface area contributed by atoms with Crippen LogP contribution in [0.15, 0.2) is 35.2 Å². The van der Waals surface area contributed by atoms with Crippen molar-refractivity contribution < 1.29 is 9.00 Å². The van der Waals surface area contributed by atoms with E-state index >= 15 is 0 Å². The van der Waals surface area contributed by atoms with Gasteiger partial charge in [0.2, 0.25) is 0 Å². The number of carbonyl (C=O) groups is 1. The Labute approximate surface area is 94.7 Å². The Bertz CT molecular complexity index is 362. The second kappa shape index (κ2) is 4.43. The van der Waals surface area contributed by atoms with Crippen molar-refractivity contribution in [2.75, 3.05) is 0 Å². The molecule has 0 aliphatic carbocycles. The SMILES string of the molecule is CC(=O)C(Cl)(Cl)S(=O)[13c]1ccccc1. The van der Waals surface area contributed by atoms with Gasteiger partial charge in [0.05, 0.1) is 10.8 Å². The first-order valence-corrected chi connectivity index (χ1v) is 5.72. The third kappa shape index (κ3) is 2.35. The van der Waals surface area contributed by atoms with Gasteiger partial charge in [-0.05, 0) is 19.1 Å². The fraction of sp³-hybridized carbons (Fsp3) is 0.222. The molecule has 14 heavy (non-hydrogen) atoms. The van der Waals surface area contributed by atoms with Crippen LogP contribution in [0.5, 0.6) is 0 Å². The van der Waals surface area contributed by atoms with Crippen LogP contribution in [0.2, 0.25) is 0 Å². The van der Waals surface area contributed by atoms with E-state index in [9.17, 15) is 9.00 Å². The normalized spacial score (nSPS) is 13.6. The molecule has 0 aliphatic heterocycles. The molecule has 0 spiro atoms. The highest BCUT2D eigenvalue weighted by Gasteiger charge is 2.38. The zero-order valence-electron chi connectivity index (χ0n) is 7.37. The van der Waals surface area contributed by atoms with E-state index in [2.05, 4.69) is 0 Å². The van der Waals surface area contributed by atoms with E-state index in [-0.39, 0.29) is 0 Å². The van der Waals surface area contributed by atoms with E-state index in [0.717, 1.165) is 0 Å². The second-order valence-electron chi connectivity index (χ2n) is 2.65. The van der Waals surface area contributed by atoms with Crippen LogP contribution in [-0.4, -0.2) is 13.7 Å². The van der Waals surface area contributed by atoms with Crippen molar-refractivity contribution in [1.29, 1.82) is 0 Å². The summed E-state index contributed by atoms with van der Waals surface area (Å²) < 4.78 is 9.87. The Hall–Kier alpha value is -0.380. The molecular formula is C9H8Cl2O2S. The van der Waals surface area contributed by atoms with Crippen LogP contribution < -0.4 is 0 Å². The van der Waals surface area contributed by atoms with Gasteiger partial charge in [0.25, 0.3) is 3.67 Å². The molecule has 1 atom stereocenters. The van der Waals surface area contributed by atoms with Gasteiger partial charge in [-0.2, -0.15) is 0 Å². The number of Topliss-reactive ketones (excluding diaryl/α,β-unsaturated/α-hetero) is 1. The molecule has 0 N–H and O–H groups in total. The predicted molar refractivity (Wildman–Crippen MR) is 58.0 cm³/mol. The van der Waals surface area contributed by atoms with Gasteiger partial charge in [0.1, 0.15) is 0 Å². The highest BCUT2D eigenvalue weighted by Crippen LogP contribution is 2.31. The van der Waals surface area contributed by atoms with Crippen LogP contribution in [0.1, 0.15) is 6.92 Å². The molecule has 5 heteroatoms. The van der Waals surface area contributed by atoms with Crippen molar-refractivity contribution in [3.05, 3.63) is 30.3 Å². The van der Waals surface area contributed by atoms with Crippen LogP contribution in [0.3, 0.4) is 0 Å². The fourth-order valence-corrected chi connectivity index (χ4v) is 2.32. The maximum absolute atomic E-state index is 11.7. The largest absolute Gasteiger partial charge is 0.296 e. The monoisotopic (exact) mass is 251 g/mol. The lowest BCUT2D eigenvalue weighted by atomic mass is 10.5. The van der Waals surface area contributed by atoms with Crippen molar-refractivity contribution in [3.8, 4) is 0 Å². The molecule has 0 aliphatic rings. The predicted octanol–water partition coefficient (Wildman–Crippen LogP) is 2.51. The summed E-state index contributed by atoms with van der Waals surface area (Å²) in [5, 5.41) is 0. The van der Waals surface area contributed by atoms with Crippen LogP contribution in [0.25, 0.3) is 0 Å². The van der Waals surface area contributed by atoms with E-state index in [1.165, 1.54) is 6.92 Å². The first kappa shape index (κ1) is 11.7. The number of rotatable bonds is 3. The summed E-state index contributed by atoms with van der Waals surface area (Å²) in [5.41, 5.74) is 0. The van der Waals surface area contributed by atoms with Crippen molar-refractivity contribution in [2.45, 2.75) is 15.5 Å². The van der Waals surface area contributed by atoms with Crippen molar-refractivity contribution in [2.24, 2.45) is 0 Å². The molecule has 0 bridgehead atoms. The lowest BCUT2D eigenvalue weighted by Crippen LogP contribution is -2.28. The van der Waals surface area contributed by atoms with Crippen molar-refractivity contribution >= 4 is 39.8 Å². The molecule has 0 aromatic heterocycles. The maximum atomic E-state index is 11.7. The molecule has 0 fully saturated rings. The quantitative estimate of drug-likeness (QED) is 0.774. The van der Waals surface area contributed by atoms with Crippen LogP contribution in [0.4, 0.5) is 0 Å². The number of halogens is 2. The topological polar surface area (TPSA) is 34.1 Å². The summed E-state index contributed by atoms with van der Waals surface area (Å²) >= 11 is 11.3. The fourth-order valence-electron chi connectivity index (χ4n) is 0.823. The molecule has 0 saturated carbocycles. The average molecular weight is 252 g/mol. The van der Waals surface area contributed by atoms with E-state index in [1.807, 2.05) is 0 Å². The summed E-state index contributed by atoms with van der Waals surface area (Å²) in [7, 11) is -1.74. The van der Waals surface area contributed by atoms with E-state index in [1.54, 1.807) is 30.3 Å². The zero-order chi connectivity index (χ0) is 10.8. The molecular weight excluding hydrogens is 244 g/mol. The standard InChI is InChI=1S/C9H8Cl2O2S/c1-7(12)9(10,11)14(13)8-5-3-2-4-6-8/h2-6H,1H3/i8+1. The van der Waals surface area contributed by atoms with Gasteiger partial charge in [0.15, 0.2) is 5.78 Å². The Morgan fingerprint density at radius 1 is 1.29 bits per heavy atom. The Balaban J connectivity index is 3.03. The van der Waals surface area contributed by atoms with Gasteiger partial charge < -0.3 is 0 Å². The van der Waals surface area contributed by atoms with Gasteiger partial charge in [0, 0.05) is 4.90 Å². The Morgan fingerprint density at radius 3 is 2.21 bits per heavy atom. The lowest BCUT2D eigenvalue weighted by molar-refractivity contribution is -0.116. The van der Waals surface area contributed by atoms with Crippen molar-refractivity contribution in [3.63, 3.8) is 0 Å². The van der Waals surface area contributed by atoms with Crippen LogP contribution >= 0.6 is 23.2 Å². The minimum Gasteiger partial charge on any atom is -0.296 e. The highest BCUT2D eigenvalue weighted by molar-refractivity contribution is 7.90. The first-order chi connectivity index (χ1) is 6.46. The highest BCUT2D eigenvalue weighted by atomic mass is 35.5.